The van der Waals surface area contributed by atoms with Gasteiger partial charge in [-0.05, 0) is 25.9 Å². The lowest BCUT2D eigenvalue weighted by Gasteiger charge is -2.22. The van der Waals surface area contributed by atoms with Crippen molar-refractivity contribution in [1.82, 2.24) is 0 Å². The van der Waals surface area contributed by atoms with Gasteiger partial charge in [0.1, 0.15) is 0 Å². The second kappa shape index (κ2) is 16.7. The number of rotatable bonds is 18. The molecule has 0 aromatic rings. The summed E-state index contributed by atoms with van der Waals surface area (Å²) in [5, 5.41) is 0. The molecule has 0 atom stereocenters. The van der Waals surface area contributed by atoms with Gasteiger partial charge in [0.15, 0.2) is 0 Å². The van der Waals surface area contributed by atoms with Crippen LogP contribution in [-0.4, -0.2) is 21.8 Å². The largest absolute Gasteiger partial charge is 0.395 e. The van der Waals surface area contributed by atoms with Crippen molar-refractivity contribution in [3.8, 4) is 0 Å². The summed E-state index contributed by atoms with van der Waals surface area (Å²) in [6.07, 6.45) is 19.4. The molecule has 0 heterocycles. The highest BCUT2D eigenvalue weighted by atomic mass is 28.4. The third-order valence-electron chi connectivity index (χ3n) is 4.22. The SMILES string of the molecule is C=CCCO[Si](C)(C)OCCCCCCCCCCCCCC. The predicted octanol–water partition coefficient (Wildman–Crippen LogP) is 7.00. The van der Waals surface area contributed by atoms with E-state index in [0.29, 0.717) is 0 Å². The van der Waals surface area contributed by atoms with Gasteiger partial charge in [0.2, 0.25) is 0 Å². The monoisotopic (exact) mass is 342 g/mol. The van der Waals surface area contributed by atoms with Crippen molar-refractivity contribution < 1.29 is 8.85 Å². The minimum absolute atomic E-state index is 0.751. The third kappa shape index (κ3) is 18.1. The highest BCUT2D eigenvalue weighted by Gasteiger charge is 2.23. The summed E-state index contributed by atoms with van der Waals surface area (Å²) in [6, 6.07) is 0. The summed E-state index contributed by atoms with van der Waals surface area (Å²) in [6.45, 7) is 11.9. The van der Waals surface area contributed by atoms with E-state index in [1.54, 1.807) is 0 Å². The van der Waals surface area contributed by atoms with E-state index in [-0.39, 0.29) is 0 Å². The molecular formula is C20H42O2Si. The molecule has 3 heteroatoms. The Hall–Kier alpha value is -0.123. The molecule has 0 saturated carbocycles. The molecular weight excluding hydrogens is 300 g/mol. The normalized spacial score (nSPS) is 11.8. The zero-order valence-corrected chi connectivity index (χ0v) is 17.2. The van der Waals surface area contributed by atoms with Gasteiger partial charge in [-0.3, -0.25) is 0 Å². The quantitative estimate of drug-likeness (QED) is 0.152. The van der Waals surface area contributed by atoms with Crippen LogP contribution in [0.4, 0.5) is 0 Å². The molecule has 0 aliphatic heterocycles. The first-order chi connectivity index (χ1) is 11.1. The fourth-order valence-corrected chi connectivity index (χ4v) is 4.02. The minimum atomic E-state index is -1.89. The van der Waals surface area contributed by atoms with Crippen LogP contribution in [0.15, 0.2) is 12.7 Å². The summed E-state index contributed by atoms with van der Waals surface area (Å²) in [5.74, 6) is 0. The molecule has 138 valence electrons. The molecule has 23 heavy (non-hydrogen) atoms. The smallest absolute Gasteiger partial charge is 0.331 e. The van der Waals surface area contributed by atoms with Crippen LogP contribution in [0.3, 0.4) is 0 Å². The molecule has 0 amide bonds. The Morgan fingerprint density at radius 2 is 1.13 bits per heavy atom. The Morgan fingerprint density at radius 3 is 1.61 bits per heavy atom. The highest BCUT2D eigenvalue weighted by Crippen LogP contribution is 2.13. The molecule has 0 N–H and O–H groups in total. The highest BCUT2D eigenvalue weighted by molar-refractivity contribution is 6.64. The summed E-state index contributed by atoms with van der Waals surface area (Å²) in [7, 11) is -1.89. The van der Waals surface area contributed by atoms with Gasteiger partial charge in [-0.2, -0.15) is 0 Å². The Bertz CT molecular complexity index is 254. The molecule has 0 aromatic carbocycles. The van der Waals surface area contributed by atoms with Crippen molar-refractivity contribution >= 4 is 8.56 Å². The van der Waals surface area contributed by atoms with Crippen molar-refractivity contribution in [3.05, 3.63) is 12.7 Å². The Labute approximate surface area is 147 Å². The standard InChI is InChI=1S/C20H42O2Si/c1-5-7-9-10-11-12-13-14-15-16-17-18-20-22-23(3,4)21-19-8-6-2/h6H,2,5,7-20H2,1,3-4H3. The second-order valence-electron chi connectivity index (χ2n) is 7.06. The minimum Gasteiger partial charge on any atom is -0.395 e. The molecule has 0 saturated heterocycles. The topological polar surface area (TPSA) is 18.5 Å². The average molecular weight is 343 g/mol. The summed E-state index contributed by atoms with van der Waals surface area (Å²) < 4.78 is 11.8. The van der Waals surface area contributed by atoms with Crippen molar-refractivity contribution in [3.63, 3.8) is 0 Å². The Balaban J connectivity index is 3.22. The average Bonchev–Trinajstić information content (AvgIpc) is 2.52. The van der Waals surface area contributed by atoms with E-state index in [4.69, 9.17) is 8.85 Å². The van der Waals surface area contributed by atoms with Gasteiger partial charge in [-0.1, -0.05) is 83.6 Å². The van der Waals surface area contributed by atoms with Crippen LogP contribution in [0.1, 0.15) is 90.4 Å². The van der Waals surface area contributed by atoms with Gasteiger partial charge in [0.05, 0.1) is 0 Å². The molecule has 0 aromatic heterocycles. The van der Waals surface area contributed by atoms with E-state index in [2.05, 4.69) is 26.6 Å². The Morgan fingerprint density at radius 1 is 0.696 bits per heavy atom. The zero-order chi connectivity index (χ0) is 17.2. The van der Waals surface area contributed by atoms with Crippen LogP contribution < -0.4 is 0 Å². The van der Waals surface area contributed by atoms with E-state index in [9.17, 15) is 0 Å². The van der Waals surface area contributed by atoms with Crippen LogP contribution in [0.5, 0.6) is 0 Å². The Kier molecular flexibility index (Phi) is 16.6. The van der Waals surface area contributed by atoms with Crippen molar-refractivity contribution in [2.45, 2.75) is 103 Å². The van der Waals surface area contributed by atoms with Gasteiger partial charge >= 0.3 is 8.56 Å². The first-order valence-electron chi connectivity index (χ1n) is 10.0. The van der Waals surface area contributed by atoms with Crippen molar-refractivity contribution in [2.24, 2.45) is 0 Å². The fraction of sp³-hybridized carbons (Fsp3) is 0.900. The van der Waals surface area contributed by atoms with Crippen LogP contribution in [0.2, 0.25) is 13.1 Å². The number of hydrogen-bond acceptors (Lipinski definition) is 2. The van der Waals surface area contributed by atoms with Gasteiger partial charge in [-0.25, -0.2) is 0 Å². The maximum atomic E-state index is 5.95. The van der Waals surface area contributed by atoms with E-state index >= 15 is 0 Å². The first-order valence-corrected chi connectivity index (χ1v) is 12.8. The van der Waals surface area contributed by atoms with E-state index < -0.39 is 8.56 Å². The third-order valence-corrected chi connectivity index (χ3v) is 6.02. The summed E-state index contributed by atoms with van der Waals surface area (Å²) in [4.78, 5) is 0. The van der Waals surface area contributed by atoms with Crippen LogP contribution >= 0.6 is 0 Å². The first kappa shape index (κ1) is 22.9. The predicted molar refractivity (Wildman–Crippen MR) is 105 cm³/mol. The molecule has 0 spiro atoms. The van der Waals surface area contributed by atoms with Crippen LogP contribution in [0, 0.1) is 0 Å². The number of unbranched alkanes of at least 4 members (excludes halogenated alkanes) is 11. The van der Waals surface area contributed by atoms with Crippen molar-refractivity contribution in [2.75, 3.05) is 13.2 Å². The molecule has 0 fully saturated rings. The lowest BCUT2D eigenvalue weighted by Crippen LogP contribution is -2.35. The second-order valence-corrected chi connectivity index (χ2v) is 10.4. The molecule has 2 nitrogen and oxygen atoms in total. The van der Waals surface area contributed by atoms with E-state index in [0.717, 1.165) is 19.6 Å². The van der Waals surface area contributed by atoms with Gasteiger partial charge in [-0.15, -0.1) is 6.58 Å². The molecule has 0 rings (SSSR count). The van der Waals surface area contributed by atoms with Gasteiger partial charge in [0, 0.05) is 13.2 Å². The maximum Gasteiger partial charge on any atom is 0.331 e. The fourth-order valence-electron chi connectivity index (χ4n) is 2.69. The molecule has 0 aliphatic carbocycles. The van der Waals surface area contributed by atoms with E-state index in [1.807, 2.05) is 6.08 Å². The molecule has 0 aliphatic rings. The van der Waals surface area contributed by atoms with Gasteiger partial charge < -0.3 is 8.85 Å². The lowest BCUT2D eigenvalue weighted by atomic mass is 10.1. The molecule has 0 unspecified atom stereocenters. The molecule has 0 bridgehead atoms. The number of hydrogen-bond donors (Lipinski definition) is 0. The van der Waals surface area contributed by atoms with E-state index in [1.165, 1.54) is 77.0 Å². The lowest BCUT2D eigenvalue weighted by molar-refractivity contribution is 0.178. The summed E-state index contributed by atoms with van der Waals surface area (Å²) >= 11 is 0. The zero-order valence-electron chi connectivity index (χ0n) is 16.2. The van der Waals surface area contributed by atoms with Crippen LogP contribution in [0.25, 0.3) is 0 Å². The summed E-state index contributed by atoms with van der Waals surface area (Å²) in [5.41, 5.74) is 0. The van der Waals surface area contributed by atoms with Crippen LogP contribution in [-0.2, 0) is 8.85 Å². The maximum absolute atomic E-state index is 5.95. The van der Waals surface area contributed by atoms with Crippen molar-refractivity contribution in [1.29, 1.82) is 0 Å². The molecule has 0 radical (unpaired) electrons. The van der Waals surface area contributed by atoms with Gasteiger partial charge in [0.25, 0.3) is 0 Å².